The van der Waals surface area contributed by atoms with Gasteiger partial charge in [0.05, 0.1) is 12.0 Å². The number of hydrogen-bond donors (Lipinski definition) is 2. The summed E-state index contributed by atoms with van der Waals surface area (Å²) in [6.45, 7) is 0. The van der Waals surface area contributed by atoms with Crippen LogP contribution in [0.5, 0.6) is 0 Å². The van der Waals surface area contributed by atoms with Crippen LogP contribution >= 0.6 is 0 Å². The van der Waals surface area contributed by atoms with Crippen molar-refractivity contribution in [2.45, 2.75) is 12.8 Å². The van der Waals surface area contributed by atoms with Crippen LogP contribution in [0, 0.1) is 5.92 Å². The van der Waals surface area contributed by atoms with Gasteiger partial charge in [0.2, 0.25) is 5.91 Å². The lowest BCUT2D eigenvalue weighted by atomic mass is 10.2. The Morgan fingerprint density at radius 2 is 1.68 bits per heavy atom. The Hall–Kier alpha value is -4.13. The van der Waals surface area contributed by atoms with Crippen molar-refractivity contribution >= 4 is 23.2 Å². The molecule has 0 spiro atoms. The molecule has 0 unspecified atom stereocenters. The maximum Gasteiger partial charge on any atom is 0.274 e. The van der Waals surface area contributed by atoms with E-state index in [1.807, 2.05) is 30.3 Å². The summed E-state index contributed by atoms with van der Waals surface area (Å²) in [6.07, 6.45) is 3.44. The van der Waals surface area contributed by atoms with E-state index in [4.69, 9.17) is 4.42 Å². The van der Waals surface area contributed by atoms with Crippen LogP contribution in [0.3, 0.4) is 0 Å². The van der Waals surface area contributed by atoms with E-state index in [1.54, 1.807) is 53.4 Å². The van der Waals surface area contributed by atoms with E-state index in [-0.39, 0.29) is 17.7 Å². The molecule has 7 heteroatoms. The van der Waals surface area contributed by atoms with Crippen molar-refractivity contribution in [3.8, 4) is 17.1 Å². The summed E-state index contributed by atoms with van der Waals surface area (Å²) < 4.78 is 7.04. The zero-order chi connectivity index (χ0) is 21.2. The highest BCUT2D eigenvalue weighted by Gasteiger charge is 2.29. The highest BCUT2D eigenvalue weighted by atomic mass is 16.3. The minimum atomic E-state index is -0.320. The van der Waals surface area contributed by atoms with Gasteiger partial charge in [-0.2, -0.15) is 5.10 Å². The summed E-state index contributed by atoms with van der Waals surface area (Å²) in [5, 5.41) is 10.4. The van der Waals surface area contributed by atoms with Crippen LogP contribution in [0.15, 0.2) is 83.5 Å². The molecule has 7 nitrogen and oxygen atoms in total. The number of nitrogens with one attached hydrogen (secondary N) is 2. The number of hydrogen-bond acceptors (Lipinski definition) is 4. The molecule has 1 aliphatic carbocycles. The fraction of sp³-hybridized carbons (Fsp3) is 0.125. The van der Waals surface area contributed by atoms with Gasteiger partial charge in [0, 0.05) is 23.4 Å². The molecule has 31 heavy (non-hydrogen) atoms. The Balaban J connectivity index is 1.43. The van der Waals surface area contributed by atoms with Gasteiger partial charge in [-0.05, 0) is 55.3 Å². The Morgan fingerprint density at radius 1 is 0.903 bits per heavy atom. The van der Waals surface area contributed by atoms with Gasteiger partial charge in [-0.15, -0.1) is 0 Å². The summed E-state index contributed by atoms with van der Waals surface area (Å²) in [6, 6.07) is 21.8. The molecular formula is C24H20N4O3. The van der Waals surface area contributed by atoms with Gasteiger partial charge in [0.15, 0.2) is 5.76 Å². The van der Waals surface area contributed by atoms with E-state index in [2.05, 4.69) is 15.7 Å². The third-order valence-electron chi connectivity index (χ3n) is 5.05. The van der Waals surface area contributed by atoms with Gasteiger partial charge < -0.3 is 15.1 Å². The van der Waals surface area contributed by atoms with Crippen molar-refractivity contribution in [3.05, 3.63) is 84.8 Å². The number of aromatic nitrogens is 2. The number of carbonyl (C=O) groups excluding carboxylic acids is 2. The number of carbonyl (C=O) groups is 2. The van der Waals surface area contributed by atoms with Gasteiger partial charge >= 0.3 is 0 Å². The van der Waals surface area contributed by atoms with Crippen molar-refractivity contribution < 1.29 is 14.0 Å². The van der Waals surface area contributed by atoms with Crippen molar-refractivity contribution in [2.75, 3.05) is 10.6 Å². The Labute approximate surface area is 178 Å². The standard InChI is InChI=1S/C24H20N4O3/c29-23(16-11-12-16)25-17-6-4-7-18(14-17)26-24(30)21-15-20(22-10-5-13-31-22)27-28(21)19-8-2-1-3-9-19/h1-10,13-16H,11-12H2,(H,25,29)(H,26,30). The minimum Gasteiger partial charge on any atom is -0.463 e. The second kappa shape index (κ2) is 7.95. The summed E-state index contributed by atoms with van der Waals surface area (Å²) in [5.74, 6) is 0.389. The number of anilines is 2. The van der Waals surface area contributed by atoms with Crippen molar-refractivity contribution in [1.82, 2.24) is 9.78 Å². The zero-order valence-electron chi connectivity index (χ0n) is 16.6. The number of nitrogens with zero attached hydrogens (tertiary/aromatic N) is 2. The van der Waals surface area contributed by atoms with Crippen LogP contribution in [-0.2, 0) is 4.79 Å². The molecular weight excluding hydrogens is 392 g/mol. The highest BCUT2D eigenvalue weighted by Crippen LogP contribution is 2.30. The SMILES string of the molecule is O=C(Nc1cccc(NC(=O)C2CC2)c1)c1cc(-c2ccco2)nn1-c1ccccc1. The molecule has 0 atom stereocenters. The normalized spacial score (nSPS) is 13.0. The van der Waals surface area contributed by atoms with E-state index in [0.717, 1.165) is 18.5 Å². The van der Waals surface area contributed by atoms with Crippen LogP contribution in [0.4, 0.5) is 11.4 Å². The predicted octanol–water partition coefficient (Wildman–Crippen LogP) is 4.73. The minimum absolute atomic E-state index is 0.0220. The van der Waals surface area contributed by atoms with E-state index in [9.17, 15) is 9.59 Å². The van der Waals surface area contributed by atoms with E-state index in [0.29, 0.717) is 28.5 Å². The van der Waals surface area contributed by atoms with Gasteiger partial charge in [-0.1, -0.05) is 24.3 Å². The quantitative estimate of drug-likeness (QED) is 0.479. The lowest BCUT2D eigenvalue weighted by Gasteiger charge is -2.10. The molecule has 0 bridgehead atoms. The number of rotatable bonds is 6. The first-order valence-electron chi connectivity index (χ1n) is 10.1. The largest absolute Gasteiger partial charge is 0.463 e. The average molecular weight is 412 g/mol. The second-order valence-corrected chi connectivity index (χ2v) is 7.44. The fourth-order valence-electron chi connectivity index (χ4n) is 3.31. The maximum absolute atomic E-state index is 13.2. The van der Waals surface area contributed by atoms with E-state index in [1.165, 1.54) is 0 Å². The molecule has 0 saturated heterocycles. The fourth-order valence-corrected chi connectivity index (χ4v) is 3.31. The molecule has 2 heterocycles. The number of benzene rings is 2. The highest BCUT2D eigenvalue weighted by molar-refractivity contribution is 6.04. The molecule has 5 rings (SSSR count). The molecule has 1 fully saturated rings. The number of amides is 2. The first-order chi connectivity index (χ1) is 15.2. The molecule has 154 valence electrons. The van der Waals surface area contributed by atoms with Crippen LogP contribution in [-0.4, -0.2) is 21.6 Å². The maximum atomic E-state index is 13.2. The van der Waals surface area contributed by atoms with Gasteiger partial charge in [-0.25, -0.2) is 4.68 Å². The van der Waals surface area contributed by atoms with Crippen molar-refractivity contribution in [2.24, 2.45) is 5.92 Å². The topological polar surface area (TPSA) is 89.2 Å². The lowest BCUT2D eigenvalue weighted by Crippen LogP contribution is -2.17. The molecule has 1 aliphatic rings. The van der Waals surface area contributed by atoms with Crippen molar-refractivity contribution in [1.29, 1.82) is 0 Å². The Bertz CT molecular complexity index is 1220. The Kier molecular flexibility index (Phi) is 4.84. The Morgan fingerprint density at radius 3 is 2.39 bits per heavy atom. The summed E-state index contributed by atoms with van der Waals surface area (Å²) in [4.78, 5) is 25.2. The first-order valence-corrected chi connectivity index (χ1v) is 10.1. The first kappa shape index (κ1) is 18.9. The van der Waals surface area contributed by atoms with Crippen LogP contribution in [0.25, 0.3) is 17.1 Å². The monoisotopic (exact) mass is 412 g/mol. The molecule has 0 radical (unpaired) electrons. The zero-order valence-corrected chi connectivity index (χ0v) is 16.6. The molecule has 2 aromatic heterocycles. The smallest absolute Gasteiger partial charge is 0.274 e. The average Bonchev–Trinajstić information content (AvgIpc) is 3.31. The van der Waals surface area contributed by atoms with Gasteiger partial charge in [-0.3, -0.25) is 9.59 Å². The third kappa shape index (κ3) is 4.11. The second-order valence-electron chi connectivity index (χ2n) is 7.44. The van der Waals surface area contributed by atoms with Gasteiger partial charge in [0.25, 0.3) is 5.91 Å². The molecule has 2 aromatic carbocycles. The molecule has 0 aliphatic heterocycles. The van der Waals surface area contributed by atoms with Crippen LogP contribution in [0.2, 0.25) is 0 Å². The van der Waals surface area contributed by atoms with Crippen molar-refractivity contribution in [3.63, 3.8) is 0 Å². The summed E-state index contributed by atoms with van der Waals surface area (Å²) in [5.41, 5.74) is 2.92. The number of furan rings is 1. The van der Waals surface area contributed by atoms with Crippen LogP contribution in [0.1, 0.15) is 23.3 Å². The van der Waals surface area contributed by atoms with Gasteiger partial charge in [0.1, 0.15) is 11.4 Å². The lowest BCUT2D eigenvalue weighted by molar-refractivity contribution is -0.117. The molecule has 4 aromatic rings. The van der Waals surface area contributed by atoms with Crippen LogP contribution < -0.4 is 10.6 Å². The summed E-state index contributed by atoms with van der Waals surface area (Å²) in [7, 11) is 0. The third-order valence-corrected chi connectivity index (χ3v) is 5.05. The molecule has 2 amide bonds. The van der Waals surface area contributed by atoms with E-state index < -0.39 is 0 Å². The summed E-state index contributed by atoms with van der Waals surface area (Å²) >= 11 is 0. The molecule has 1 saturated carbocycles. The predicted molar refractivity (Wildman–Crippen MR) is 117 cm³/mol. The molecule has 2 N–H and O–H groups in total. The number of para-hydroxylation sites is 1. The van der Waals surface area contributed by atoms with E-state index >= 15 is 0 Å².